The lowest BCUT2D eigenvalue weighted by Gasteiger charge is -2.32. The van der Waals surface area contributed by atoms with Gasteiger partial charge in [0.1, 0.15) is 5.82 Å². The zero-order valence-corrected chi connectivity index (χ0v) is 15.7. The van der Waals surface area contributed by atoms with Crippen LogP contribution < -0.4 is 0 Å². The van der Waals surface area contributed by atoms with Crippen LogP contribution in [0, 0.1) is 17.6 Å². The molecule has 3 heterocycles. The van der Waals surface area contributed by atoms with E-state index in [1.54, 1.807) is 17.0 Å². The molecule has 1 saturated heterocycles. The third-order valence-corrected chi connectivity index (χ3v) is 5.24. The average molecular weight is 398 g/mol. The van der Waals surface area contributed by atoms with Gasteiger partial charge in [0.15, 0.2) is 11.6 Å². The van der Waals surface area contributed by atoms with Crippen LogP contribution in [0.4, 0.5) is 8.78 Å². The maximum absolute atomic E-state index is 13.8. The smallest absolute Gasteiger partial charge is 0.257 e. The number of piperidine rings is 1. The van der Waals surface area contributed by atoms with E-state index in [0.29, 0.717) is 42.7 Å². The van der Waals surface area contributed by atoms with Gasteiger partial charge in [0, 0.05) is 31.3 Å². The van der Waals surface area contributed by atoms with Crippen LogP contribution in [0.5, 0.6) is 0 Å². The Morgan fingerprint density at radius 2 is 1.90 bits per heavy atom. The summed E-state index contributed by atoms with van der Waals surface area (Å²) in [5.74, 6) is 0.236. The van der Waals surface area contributed by atoms with E-state index in [-0.39, 0.29) is 17.3 Å². The number of nitrogens with zero attached hydrogens (tertiary/aromatic N) is 4. The van der Waals surface area contributed by atoms with Crippen LogP contribution in [0.25, 0.3) is 11.5 Å². The van der Waals surface area contributed by atoms with Crippen molar-refractivity contribution in [3.8, 4) is 11.5 Å². The third-order valence-electron chi connectivity index (χ3n) is 5.24. The van der Waals surface area contributed by atoms with E-state index in [1.165, 1.54) is 24.4 Å². The van der Waals surface area contributed by atoms with Crippen LogP contribution in [0.15, 0.2) is 47.2 Å². The highest BCUT2D eigenvalue weighted by Crippen LogP contribution is 2.24. The van der Waals surface area contributed by atoms with Crippen molar-refractivity contribution in [1.29, 1.82) is 0 Å². The van der Waals surface area contributed by atoms with Gasteiger partial charge in [0.05, 0.1) is 11.8 Å². The van der Waals surface area contributed by atoms with Crippen molar-refractivity contribution in [2.75, 3.05) is 13.1 Å². The van der Waals surface area contributed by atoms with Crippen molar-refractivity contribution in [3.05, 3.63) is 65.7 Å². The fourth-order valence-electron chi connectivity index (χ4n) is 3.54. The molecule has 0 bridgehead atoms. The number of halogens is 2. The summed E-state index contributed by atoms with van der Waals surface area (Å²) in [6.45, 7) is 1.19. The maximum Gasteiger partial charge on any atom is 0.257 e. The third kappa shape index (κ3) is 4.47. The molecule has 3 aromatic rings. The Morgan fingerprint density at radius 1 is 1.14 bits per heavy atom. The molecule has 0 spiro atoms. The van der Waals surface area contributed by atoms with E-state index in [9.17, 15) is 13.6 Å². The van der Waals surface area contributed by atoms with E-state index in [0.717, 1.165) is 25.5 Å². The Hall–Kier alpha value is -3.16. The highest BCUT2D eigenvalue weighted by atomic mass is 19.1. The number of benzene rings is 1. The molecule has 29 heavy (non-hydrogen) atoms. The summed E-state index contributed by atoms with van der Waals surface area (Å²) in [4.78, 5) is 22.2. The Morgan fingerprint density at radius 3 is 2.62 bits per heavy atom. The molecule has 1 aliphatic heterocycles. The number of pyridine rings is 1. The molecule has 1 amide bonds. The first-order valence-corrected chi connectivity index (χ1v) is 9.57. The lowest BCUT2D eigenvalue weighted by atomic mass is 9.92. The molecule has 0 unspecified atom stereocenters. The largest absolute Gasteiger partial charge is 0.339 e. The molecule has 2 aromatic heterocycles. The molecule has 0 atom stereocenters. The average Bonchev–Trinajstić information content (AvgIpc) is 3.22. The summed E-state index contributed by atoms with van der Waals surface area (Å²) in [5, 5.41) is 4.00. The Kier molecular flexibility index (Phi) is 5.59. The highest BCUT2D eigenvalue weighted by molar-refractivity contribution is 5.94. The van der Waals surface area contributed by atoms with Crippen molar-refractivity contribution in [2.24, 2.45) is 5.92 Å². The van der Waals surface area contributed by atoms with E-state index in [2.05, 4.69) is 15.1 Å². The Balaban J connectivity index is 1.28. The summed E-state index contributed by atoms with van der Waals surface area (Å²) in [6.07, 6.45) is 5.73. The van der Waals surface area contributed by atoms with Crippen molar-refractivity contribution in [2.45, 2.75) is 25.7 Å². The fourth-order valence-corrected chi connectivity index (χ4v) is 3.54. The van der Waals surface area contributed by atoms with Gasteiger partial charge >= 0.3 is 0 Å². The minimum Gasteiger partial charge on any atom is -0.339 e. The van der Waals surface area contributed by atoms with Gasteiger partial charge in [-0.15, -0.1) is 0 Å². The second kappa shape index (κ2) is 8.46. The standard InChI is InChI=1S/C21H20F2N4O2/c22-16-4-2-15(3-5-16)20-25-19(26-29-20)6-1-14-8-11-27(12-9-14)21(28)17-7-10-24-13-18(17)23/h2-5,7,10,13-14H,1,6,8-9,11-12H2. The topological polar surface area (TPSA) is 72.1 Å². The summed E-state index contributed by atoms with van der Waals surface area (Å²) >= 11 is 0. The van der Waals surface area contributed by atoms with E-state index >= 15 is 0 Å². The molecule has 1 aromatic carbocycles. The molecule has 1 fully saturated rings. The zero-order valence-electron chi connectivity index (χ0n) is 15.7. The van der Waals surface area contributed by atoms with Gasteiger partial charge in [0.2, 0.25) is 0 Å². The molecule has 0 radical (unpaired) electrons. The first-order chi connectivity index (χ1) is 14.1. The maximum atomic E-state index is 13.8. The van der Waals surface area contributed by atoms with Crippen LogP contribution in [0.1, 0.15) is 35.4 Å². The SMILES string of the molecule is O=C(c1ccncc1F)N1CCC(CCc2noc(-c3ccc(F)cc3)n2)CC1. The van der Waals surface area contributed by atoms with Gasteiger partial charge < -0.3 is 9.42 Å². The Labute approximate surface area is 166 Å². The molecule has 6 nitrogen and oxygen atoms in total. The molecule has 150 valence electrons. The van der Waals surface area contributed by atoms with E-state index < -0.39 is 5.82 Å². The zero-order chi connectivity index (χ0) is 20.2. The van der Waals surface area contributed by atoms with Crippen molar-refractivity contribution in [1.82, 2.24) is 20.0 Å². The molecule has 8 heteroatoms. The highest BCUT2D eigenvalue weighted by Gasteiger charge is 2.25. The molecular formula is C21H20F2N4O2. The van der Waals surface area contributed by atoms with Crippen LogP contribution >= 0.6 is 0 Å². The monoisotopic (exact) mass is 398 g/mol. The van der Waals surface area contributed by atoms with Gasteiger partial charge in [-0.3, -0.25) is 9.78 Å². The van der Waals surface area contributed by atoms with Crippen molar-refractivity contribution < 1.29 is 18.1 Å². The summed E-state index contributed by atoms with van der Waals surface area (Å²) in [6, 6.07) is 7.33. The molecule has 0 saturated carbocycles. The number of hydrogen-bond donors (Lipinski definition) is 0. The van der Waals surface area contributed by atoms with E-state index in [4.69, 9.17) is 4.52 Å². The number of aromatic nitrogens is 3. The molecule has 0 aliphatic carbocycles. The Bertz CT molecular complexity index is 982. The summed E-state index contributed by atoms with van der Waals surface area (Å²) in [5.41, 5.74) is 0.749. The number of likely N-dealkylation sites (tertiary alicyclic amines) is 1. The number of rotatable bonds is 5. The van der Waals surface area contributed by atoms with Gasteiger partial charge in [-0.1, -0.05) is 5.16 Å². The number of carbonyl (C=O) groups is 1. The minimum atomic E-state index is -0.589. The first-order valence-electron chi connectivity index (χ1n) is 9.57. The van der Waals surface area contributed by atoms with Gasteiger partial charge in [-0.2, -0.15) is 4.98 Å². The van der Waals surface area contributed by atoms with Crippen LogP contribution in [0.2, 0.25) is 0 Å². The first kappa shape index (κ1) is 19.2. The summed E-state index contributed by atoms with van der Waals surface area (Å²) in [7, 11) is 0. The number of hydrogen-bond acceptors (Lipinski definition) is 5. The quantitative estimate of drug-likeness (QED) is 0.652. The second-order valence-corrected chi connectivity index (χ2v) is 7.15. The lowest BCUT2D eigenvalue weighted by molar-refractivity contribution is 0.0681. The van der Waals surface area contributed by atoms with Crippen molar-refractivity contribution >= 4 is 5.91 Å². The van der Waals surface area contributed by atoms with Crippen LogP contribution in [0.3, 0.4) is 0 Å². The second-order valence-electron chi connectivity index (χ2n) is 7.15. The van der Waals surface area contributed by atoms with Gasteiger partial charge in [0.25, 0.3) is 11.8 Å². The molecular weight excluding hydrogens is 378 g/mol. The fraction of sp³-hybridized carbons (Fsp3) is 0.333. The van der Waals surface area contributed by atoms with Crippen LogP contribution in [-0.2, 0) is 6.42 Å². The van der Waals surface area contributed by atoms with E-state index in [1.807, 2.05) is 0 Å². The molecule has 4 rings (SSSR count). The molecule has 0 N–H and O–H groups in total. The van der Waals surface area contributed by atoms with Gasteiger partial charge in [-0.25, -0.2) is 8.78 Å². The normalized spacial score (nSPS) is 14.9. The summed E-state index contributed by atoms with van der Waals surface area (Å²) < 4.78 is 32.1. The van der Waals surface area contributed by atoms with Gasteiger partial charge in [-0.05, 0) is 55.5 Å². The minimum absolute atomic E-state index is 0.0681. The van der Waals surface area contributed by atoms with Crippen LogP contribution in [-0.4, -0.2) is 39.0 Å². The number of aryl methyl sites for hydroxylation is 1. The lowest BCUT2D eigenvalue weighted by Crippen LogP contribution is -2.39. The molecule has 1 aliphatic rings. The predicted octanol–water partition coefficient (Wildman–Crippen LogP) is 3.89. The predicted molar refractivity (Wildman–Crippen MR) is 101 cm³/mol. The number of amides is 1. The number of carbonyl (C=O) groups excluding carboxylic acids is 1. The van der Waals surface area contributed by atoms with Crippen molar-refractivity contribution in [3.63, 3.8) is 0 Å².